The number of allylic oxidation sites excluding steroid dienone is 2. The highest BCUT2D eigenvalue weighted by Crippen LogP contribution is 2.30. The minimum atomic E-state index is 0.458. The lowest BCUT2D eigenvalue weighted by Crippen LogP contribution is -2.29. The molecule has 0 saturated carbocycles. The van der Waals surface area contributed by atoms with Crippen molar-refractivity contribution in [3.8, 4) is 0 Å². The lowest BCUT2D eigenvalue weighted by atomic mass is 9.86. The Hall–Kier alpha value is -0.460. The van der Waals surface area contributed by atoms with Gasteiger partial charge in [-0.2, -0.15) is 0 Å². The molecule has 0 aromatic heterocycles. The maximum atomic E-state index is 5.83. The van der Waals surface area contributed by atoms with Crippen LogP contribution in [0.2, 0.25) is 0 Å². The van der Waals surface area contributed by atoms with E-state index in [1.807, 2.05) is 0 Å². The molecule has 76 valence electrons. The molecule has 0 aromatic carbocycles. The molecule has 0 aromatic rings. The maximum Gasteiger partial charge on any atom is 0.101 e. The van der Waals surface area contributed by atoms with Gasteiger partial charge in [0.25, 0.3) is 0 Å². The average Bonchev–Trinajstić information content (AvgIpc) is 2.09. The summed E-state index contributed by atoms with van der Waals surface area (Å²) in [5.41, 5.74) is 0. The van der Waals surface area contributed by atoms with E-state index in [1.54, 1.807) is 0 Å². The van der Waals surface area contributed by atoms with Gasteiger partial charge in [0, 0.05) is 0 Å². The second-order valence-corrected chi connectivity index (χ2v) is 4.29. The third-order valence-corrected chi connectivity index (χ3v) is 3.09. The summed E-state index contributed by atoms with van der Waals surface area (Å²) in [6.07, 6.45) is 6.47. The standard InChI is InChI=1S/C12H22O/c1-5-6-7-12-11(4)9(2)8-10(3)13-12/h8-9,11-12H,5-7H2,1-4H3. The third-order valence-electron chi connectivity index (χ3n) is 3.09. The van der Waals surface area contributed by atoms with Crippen molar-refractivity contribution < 1.29 is 4.74 Å². The van der Waals surface area contributed by atoms with Gasteiger partial charge >= 0.3 is 0 Å². The summed E-state index contributed by atoms with van der Waals surface area (Å²) in [6.45, 7) is 8.89. The molecule has 3 unspecified atom stereocenters. The predicted molar refractivity (Wildman–Crippen MR) is 56.5 cm³/mol. The molecule has 1 heterocycles. The molecular weight excluding hydrogens is 160 g/mol. The highest BCUT2D eigenvalue weighted by molar-refractivity contribution is 5.00. The zero-order valence-corrected chi connectivity index (χ0v) is 9.34. The molecule has 0 bridgehead atoms. The van der Waals surface area contributed by atoms with E-state index in [9.17, 15) is 0 Å². The topological polar surface area (TPSA) is 9.23 Å². The van der Waals surface area contributed by atoms with E-state index in [2.05, 4.69) is 33.8 Å². The van der Waals surface area contributed by atoms with Crippen LogP contribution in [0.15, 0.2) is 11.8 Å². The molecule has 1 nitrogen and oxygen atoms in total. The summed E-state index contributed by atoms with van der Waals surface area (Å²) in [4.78, 5) is 0. The van der Waals surface area contributed by atoms with Crippen LogP contribution >= 0.6 is 0 Å². The molecule has 1 rings (SSSR count). The Kier molecular flexibility index (Phi) is 3.83. The van der Waals surface area contributed by atoms with Crippen LogP contribution in [0.4, 0.5) is 0 Å². The van der Waals surface area contributed by atoms with Crippen LogP contribution in [-0.2, 0) is 4.74 Å². The van der Waals surface area contributed by atoms with Gasteiger partial charge in [-0.05, 0) is 31.3 Å². The van der Waals surface area contributed by atoms with E-state index >= 15 is 0 Å². The van der Waals surface area contributed by atoms with E-state index in [0.717, 1.165) is 5.76 Å². The monoisotopic (exact) mass is 182 g/mol. The van der Waals surface area contributed by atoms with Crippen molar-refractivity contribution in [2.75, 3.05) is 0 Å². The Morgan fingerprint density at radius 2 is 2.08 bits per heavy atom. The van der Waals surface area contributed by atoms with Gasteiger partial charge < -0.3 is 4.74 Å². The van der Waals surface area contributed by atoms with Crippen molar-refractivity contribution in [3.63, 3.8) is 0 Å². The lowest BCUT2D eigenvalue weighted by Gasteiger charge is -2.33. The largest absolute Gasteiger partial charge is 0.495 e. The fourth-order valence-corrected chi connectivity index (χ4v) is 1.97. The van der Waals surface area contributed by atoms with Crippen molar-refractivity contribution in [2.45, 2.75) is 53.1 Å². The minimum absolute atomic E-state index is 0.458. The molecule has 0 spiro atoms. The van der Waals surface area contributed by atoms with Gasteiger partial charge in [0.15, 0.2) is 0 Å². The molecule has 0 fully saturated rings. The van der Waals surface area contributed by atoms with Gasteiger partial charge in [-0.1, -0.05) is 33.6 Å². The Bertz CT molecular complexity index is 184. The van der Waals surface area contributed by atoms with Crippen LogP contribution in [0.1, 0.15) is 47.0 Å². The van der Waals surface area contributed by atoms with Crippen molar-refractivity contribution in [2.24, 2.45) is 11.8 Å². The van der Waals surface area contributed by atoms with Gasteiger partial charge in [0.2, 0.25) is 0 Å². The molecule has 1 heteroatoms. The van der Waals surface area contributed by atoms with Gasteiger partial charge in [-0.3, -0.25) is 0 Å². The Morgan fingerprint density at radius 3 is 2.69 bits per heavy atom. The van der Waals surface area contributed by atoms with Crippen molar-refractivity contribution >= 4 is 0 Å². The lowest BCUT2D eigenvalue weighted by molar-refractivity contribution is 0.0298. The quantitative estimate of drug-likeness (QED) is 0.646. The predicted octanol–water partition coefficient (Wildman–Crippen LogP) is 3.75. The first-order chi connectivity index (χ1) is 6.15. The van der Waals surface area contributed by atoms with E-state index < -0.39 is 0 Å². The normalized spacial score (nSPS) is 33.8. The molecule has 1 aliphatic heterocycles. The summed E-state index contributed by atoms with van der Waals surface area (Å²) in [7, 11) is 0. The van der Waals surface area contributed by atoms with E-state index in [-0.39, 0.29) is 0 Å². The molecule has 3 atom stereocenters. The Morgan fingerprint density at radius 1 is 1.38 bits per heavy atom. The van der Waals surface area contributed by atoms with Crippen LogP contribution in [0.5, 0.6) is 0 Å². The van der Waals surface area contributed by atoms with Gasteiger partial charge in [-0.15, -0.1) is 0 Å². The summed E-state index contributed by atoms with van der Waals surface area (Å²) >= 11 is 0. The highest BCUT2D eigenvalue weighted by atomic mass is 16.5. The van der Waals surface area contributed by atoms with Crippen molar-refractivity contribution in [1.82, 2.24) is 0 Å². The van der Waals surface area contributed by atoms with Crippen molar-refractivity contribution in [1.29, 1.82) is 0 Å². The summed E-state index contributed by atoms with van der Waals surface area (Å²) in [5, 5.41) is 0. The average molecular weight is 182 g/mol. The van der Waals surface area contributed by atoms with E-state index in [1.165, 1.54) is 19.3 Å². The number of hydrogen-bond donors (Lipinski definition) is 0. The van der Waals surface area contributed by atoms with Gasteiger partial charge in [0.05, 0.1) is 5.76 Å². The van der Waals surface area contributed by atoms with Crippen LogP contribution < -0.4 is 0 Å². The zero-order valence-electron chi connectivity index (χ0n) is 9.34. The van der Waals surface area contributed by atoms with Crippen LogP contribution in [0.3, 0.4) is 0 Å². The first-order valence-electron chi connectivity index (χ1n) is 5.50. The Balaban J connectivity index is 2.51. The van der Waals surface area contributed by atoms with E-state index in [0.29, 0.717) is 17.9 Å². The van der Waals surface area contributed by atoms with Gasteiger partial charge in [0.1, 0.15) is 6.10 Å². The SMILES string of the molecule is CCCCC1OC(C)=CC(C)C1C. The highest BCUT2D eigenvalue weighted by Gasteiger charge is 2.26. The van der Waals surface area contributed by atoms with Crippen molar-refractivity contribution in [3.05, 3.63) is 11.8 Å². The van der Waals surface area contributed by atoms with E-state index in [4.69, 9.17) is 4.74 Å². The van der Waals surface area contributed by atoms with Gasteiger partial charge in [-0.25, -0.2) is 0 Å². The molecule has 0 saturated heterocycles. The molecule has 0 aliphatic carbocycles. The fraction of sp³-hybridized carbons (Fsp3) is 0.833. The molecule has 1 aliphatic rings. The summed E-state index contributed by atoms with van der Waals surface area (Å²) < 4.78 is 5.83. The molecule has 0 amide bonds. The van der Waals surface area contributed by atoms with Crippen LogP contribution in [-0.4, -0.2) is 6.10 Å². The first-order valence-corrected chi connectivity index (χ1v) is 5.50. The molecular formula is C12H22O. The first kappa shape index (κ1) is 10.6. The number of unbranched alkanes of at least 4 members (excludes halogenated alkanes) is 1. The summed E-state index contributed by atoms with van der Waals surface area (Å²) in [6, 6.07) is 0. The number of rotatable bonds is 3. The second-order valence-electron chi connectivity index (χ2n) is 4.29. The second kappa shape index (κ2) is 4.69. The number of hydrogen-bond acceptors (Lipinski definition) is 1. The van der Waals surface area contributed by atoms with Crippen LogP contribution in [0.25, 0.3) is 0 Å². The Labute approximate surface area is 82.2 Å². The summed E-state index contributed by atoms with van der Waals surface area (Å²) in [5.74, 6) is 2.47. The maximum absolute atomic E-state index is 5.83. The third kappa shape index (κ3) is 2.75. The van der Waals surface area contributed by atoms with Crippen LogP contribution in [0, 0.1) is 11.8 Å². The molecule has 13 heavy (non-hydrogen) atoms. The smallest absolute Gasteiger partial charge is 0.101 e. The molecule has 0 radical (unpaired) electrons. The molecule has 0 N–H and O–H groups in total. The number of ether oxygens (including phenoxy) is 1. The zero-order chi connectivity index (χ0) is 9.84. The fourth-order valence-electron chi connectivity index (χ4n) is 1.97. The minimum Gasteiger partial charge on any atom is -0.495 e.